The molecule has 0 aliphatic heterocycles. The monoisotopic (exact) mass is 702 g/mol. The molecule has 11 nitrogen and oxygen atoms in total. The van der Waals surface area contributed by atoms with Crippen molar-refractivity contribution in [2.24, 2.45) is 0 Å². The molecule has 0 radical (unpaired) electrons. The molecule has 0 aliphatic rings. The molecule has 3 aromatic carbocycles. The highest BCUT2D eigenvalue weighted by atomic mass is 32.1. The number of nitrogens with zero attached hydrogens (tertiary/aromatic N) is 6. The third-order valence-electron chi connectivity index (χ3n) is 8.17. The molecule has 3 aromatic heterocycles. The molecule has 6 rings (SSSR count). The van der Waals surface area contributed by atoms with Gasteiger partial charge in [-0.2, -0.15) is 0 Å². The van der Waals surface area contributed by atoms with Crippen LogP contribution in [0.15, 0.2) is 88.7 Å². The number of anilines is 1. The SMILES string of the molecule is CCNC(=O)Nc1ccc(-c2sc3c(c2CN(C)CC(C)n2ccnn2)c(=O)n(-c2ccc(F)cc2)c(=O)n3Cc2c(F)cccc2F)cc1. The Morgan fingerprint density at radius 1 is 0.980 bits per heavy atom. The highest BCUT2D eigenvalue weighted by Crippen LogP contribution is 2.38. The molecule has 2 amide bonds. The van der Waals surface area contributed by atoms with E-state index in [1.807, 2.05) is 18.9 Å². The van der Waals surface area contributed by atoms with E-state index in [9.17, 15) is 18.8 Å². The number of fused-ring (bicyclic) bond motifs is 1. The zero-order valence-electron chi connectivity index (χ0n) is 27.4. The minimum Gasteiger partial charge on any atom is -0.338 e. The number of hydrogen-bond donors (Lipinski definition) is 2. The van der Waals surface area contributed by atoms with Crippen molar-refractivity contribution in [1.82, 2.24) is 34.3 Å². The van der Waals surface area contributed by atoms with Crippen LogP contribution in [0.4, 0.5) is 23.7 Å². The predicted octanol–water partition coefficient (Wildman–Crippen LogP) is 5.77. The van der Waals surface area contributed by atoms with Gasteiger partial charge in [-0.1, -0.05) is 23.4 Å². The van der Waals surface area contributed by atoms with Gasteiger partial charge in [0.15, 0.2) is 0 Å². The maximum atomic E-state index is 15.0. The molecule has 1 unspecified atom stereocenters. The molecule has 6 aromatic rings. The third-order valence-corrected chi connectivity index (χ3v) is 9.48. The van der Waals surface area contributed by atoms with Gasteiger partial charge in [0.1, 0.15) is 22.3 Å². The van der Waals surface area contributed by atoms with E-state index in [1.54, 1.807) is 48.3 Å². The van der Waals surface area contributed by atoms with Crippen LogP contribution in [0.2, 0.25) is 0 Å². The number of nitrogens with one attached hydrogen (secondary N) is 2. The summed E-state index contributed by atoms with van der Waals surface area (Å²) >= 11 is 1.15. The van der Waals surface area contributed by atoms with E-state index < -0.39 is 35.2 Å². The topological polar surface area (TPSA) is 119 Å². The average Bonchev–Trinajstić information content (AvgIpc) is 3.75. The Labute approximate surface area is 288 Å². The maximum Gasteiger partial charge on any atom is 0.337 e. The molecule has 0 fully saturated rings. The standard InChI is InChI=1S/C35H33F3N8O3S/c1-4-39-34(48)41-24-12-8-22(9-13-24)31-27(19-43(3)18-21(2)45-17-16-40-42-45)30-32(47)46(25-14-10-23(36)11-15-25)35(49)44(33(30)50-31)20-26-28(37)6-5-7-29(26)38/h5-17,21H,4,18-20H2,1-3H3,(H2,39,41,48). The molecule has 258 valence electrons. The van der Waals surface area contributed by atoms with Gasteiger partial charge in [0.2, 0.25) is 0 Å². The van der Waals surface area contributed by atoms with Gasteiger partial charge in [-0.05, 0) is 80.6 Å². The van der Waals surface area contributed by atoms with Gasteiger partial charge in [0.05, 0.1) is 29.9 Å². The number of hydrogen-bond acceptors (Lipinski definition) is 7. The summed E-state index contributed by atoms with van der Waals surface area (Å²) in [6.07, 6.45) is 3.34. The van der Waals surface area contributed by atoms with Crippen LogP contribution in [0.3, 0.4) is 0 Å². The van der Waals surface area contributed by atoms with Crippen molar-refractivity contribution in [2.45, 2.75) is 33.0 Å². The van der Waals surface area contributed by atoms with Crippen LogP contribution in [-0.2, 0) is 13.1 Å². The minimum atomic E-state index is -0.849. The molecule has 50 heavy (non-hydrogen) atoms. The predicted molar refractivity (Wildman–Crippen MR) is 186 cm³/mol. The quantitative estimate of drug-likeness (QED) is 0.177. The Morgan fingerprint density at radius 2 is 1.68 bits per heavy atom. The fraction of sp³-hybridized carbons (Fsp3) is 0.229. The van der Waals surface area contributed by atoms with Gasteiger partial charge in [0, 0.05) is 42.0 Å². The number of aromatic nitrogens is 5. The number of halogens is 3. The second-order valence-electron chi connectivity index (χ2n) is 11.8. The Morgan fingerprint density at radius 3 is 2.32 bits per heavy atom. The number of thiophene rings is 1. The smallest absolute Gasteiger partial charge is 0.337 e. The second-order valence-corrected chi connectivity index (χ2v) is 12.8. The molecule has 0 aliphatic carbocycles. The molecule has 0 saturated carbocycles. The molecular weight excluding hydrogens is 669 g/mol. The third kappa shape index (κ3) is 6.95. The highest BCUT2D eigenvalue weighted by molar-refractivity contribution is 7.22. The molecule has 0 bridgehead atoms. The molecule has 15 heteroatoms. The fourth-order valence-electron chi connectivity index (χ4n) is 5.81. The number of carbonyl (C=O) groups is 1. The Bertz CT molecular complexity index is 2250. The molecule has 1 atom stereocenters. The van der Waals surface area contributed by atoms with Crippen molar-refractivity contribution in [3.8, 4) is 16.1 Å². The number of amides is 2. The molecule has 3 heterocycles. The molecule has 0 saturated heterocycles. The van der Waals surface area contributed by atoms with Crippen molar-refractivity contribution in [2.75, 3.05) is 25.5 Å². The molecule has 0 spiro atoms. The first kappa shape index (κ1) is 34.3. The van der Waals surface area contributed by atoms with Gasteiger partial charge in [0.25, 0.3) is 5.56 Å². The number of urea groups is 1. The van der Waals surface area contributed by atoms with Crippen LogP contribution >= 0.6 is 11.3 Å². The van der Waals surface area contributed by atoms with E-state index >= 15 is 8.78 Å². The lowest BCUT2D eigenvalue weighted by Crippen LogP contribution is -2.39. The van der Waals surface area contributed by atoms with E-state index in [-0.39, 0.29) is 40.1 Å². The van der Waals surface area contributed by atoms with Crippen LogP contribution < -0.4 is 21.9 Å². The van der Waals surface area contributed by atoms with Crippen molar-refractivity contribution >= 4 is 33.3 Å². The summed E-state index contributed by atoms with van der Waals surface area (Å²) in [7, 11) is 1.88. The lowest BCUT2D eigenvalue weighted by molar-refractivity contribution is 0.252. The first-order valence-corrected chi connectivity index (χ1v) is 16.6. The zero-order valence-corrected chi connectivity index (χ0v) is 28.2. The minimum absolute atomic E-state index is 0.0893. The molecular formula is C35H33F3N8O3S. The normalized spacial score (nSPS) is 12.1. The first-order chi connectivity index (χ1) is 24.0. The van der Waals surface area contributed by atoms with E-state index in [2.05, 4.69) is 20.9 Å². The van der Waals surface area contributed by atoms with Gasteiger partial charge in [-0.25, -0.2) is 32.0 Å². The van der Waals surface area contributed by atoms with Gasteiger partial charge >= 0.3 is 11.7 Å². The number of likely N-dealkylation sites (N-methyl/N-ethyl adjacent to an activating group) is 1. The second kappa shape index (κ2) is 14.5. The van der Waals surface area contributed by atoms with E-state index in [0.717, 1.165) is 40.2 Å². The Balaban J connectivity index is 1.58. The summed E-state index contributed by atoms with van der Waals surface area (Å²) in [4.78, 5) is 43.7. The summed E-state index contributed by atoms with van der Waals surface area (Å²) in [6, 6.07) is 14.8. The summed E-state index contributed by atoms with van der Waals surface area (Å²) in [5, 5.41) is 13.6. The van der Waals surface area contributed by atoms with Crippen LogP contribution in [-0.4, -0.2) is 55.2 Å². The zero-order chi connectivity index (χ0) is 35.5. The van der Waals surface area contributed by atoms with Crippen LogP contribution in [0.1, 0.15) is 31.0 Å². The average molecular weight is 703 g/mol. The first-order valence-electron chi connectivity index (χ1n) is 15.7. The maximum absolute atomic E-state index is 15.0. The van der Waals surface area contributed by atoms with Crippen molar-refractivity contribution < 1.29 is 18.0 Å². The Kier molecular flexibility index (Phi) is 9.97. The van der Waals surface area contributed by atoms with Gasteiger partial charge in [-0.3, -0.25) is 14.3 Å². The Hall–Kier alpha value is -5.54. The number of rotatable bonds is 11. The number of benzene rings is 3. The van der Waals surface area contributed by atoms with Gasteiger partial charge < -0.3 is 10.6 Å². The van der Waals surface area contributed by atoms with Crippen LogP contribution in [0.25, 0.3) is 26.3 Å². The fourth-order valence-corrected chi connectivity index (χ4v) is 7.12. The summed E-state index contributed by atoms with van der Waals surface area (Å²) < 4.78 is 47.8. The van der Waals surface area contributed by atoms with Gasteiger partial charge in [-0.15, -0.1) is 16.4 Å². The summed E-state index contributed by atoms with van der Waals surface area (Å²) in [5.74, 6) is -2.26. The van der Waals surface area contributed by atoms with E-state index in [0.29, 0.717) is 34.8 Å². The number of carbonyl (C=O) groups excluding carboxylic acids is 1. The van der Waals surface area contributed by atoms with E-state index in [4.69, 9.17) is 0 Å². The van der Waals surface area contributed by atoms with Crippen molar-refractivity contribution in [1.29, 1.82) is 0 Å². The summed E-state index contributed by atoms with van der Waals surface area (Å²) in [5.41, 5.74) is 0.0367. The van der Waals surface area contributed by atoms with Crippen LogP contribution in [0.5, 0.6) is 0 Å². The lowest BCUT2D eigenvalue weighted by Gasteiger charge is -2.22. The summed E-state index contributed by atoms with van der Waals surface area (Å²) in [6.45, 7) is 4.45. The van der Waals surface area contributed by atoms with Crippen molar-refractivity contribution in [3.05, 3.63) is 129 Å². The molecule has 2 N–H and O–H groups in total. The van der Waals surface area contributed by atoms with Crippen LogP contribution in [0, 0.1) is 17.5 Å². The highest BCUT2D eigenvalue weighted by Gasteiger charge is 2.26. The van der Waals surface area contributed by atoms with Crippen molar-refractivity contribution in [3.63, 3.8) is 0 Å². The lowest BCUT2D eigenvalue weighted by atomic mass is 10.1. The van der Waals surface area contributed by atoms with E-state index in [1.165, 1.54) is 22.8 Å². The largest absolute Gasteiger partial charge is 0.338 e.